The van der Waals surface area contributed by atoms with E-state index in [9.17, 15) is 5.11 Å². The Bertz CT molecular complexity index is 564. The van der Waals surface area contributed by atoms with E-state index < -0.39 is 0 Å². The number of benzene rings is 2. The van der Waals surface area contributed by atoms with E-state index in [-0.39, 0.29) is 12.1 Å². The Kier molecular flexibility index (Phi) is 3.83. The molecule has 20 heavy (non-hydrogen) atoms. The summed E-state index contributed by atoms with van der Waals surface area (Å²) in [6, 6.07) is 19.1. The lowest BCUT2D eigenvalue weighted by atomic mass is 9.93. The first-order valence-corrected chi connectivity index (χ1v) is 7.04. The summed E-state index contributed by atoms with van der Waals surface area (Å²) >= 11 is 0. The van der Waals surface area contributed by atoms with Crippen LogP contribution in [-0.4, -0.2) is 29.2 Å². The first-order valence-electron chi connectivity index (χ1n) is 7.04. The number of rotatable bonds is 4. The highest BCUT2D eigenvalue weighted by molar-refractivity contribution is 5.35. The molecule has 3 rings (SSSR count). The number of likely N-dealkylation sites (tertiary alicyclic amines) is 1. The molecule has 3 heteroatoms. The largest absolute Gasteiger partial charge is 0.390 e. The molecule has 104 valence electrons. The summed E-state index contributed by atoms with van der Waals surface area (Å²) in [5.74, 6) is 0. The number of aliphatic hydroxyl groups excluding tert-OH is 1. The molecule has 1 fully saturated rings. The van der Waals surface area contributed by atoms with Crippen molar-refractivity contribution in [2.45, 2.75) is 18.7 Å². The maximum atomic E-state index is 9.60. The molecule has 1 atom stereocenters. The average Bonchev–Trinajstić information content (AvgIpc) is 2.47. The SMILES string of the molecule is NCc1cccc(C(c2ccccc2)N2CC(O)C2)c1. The van der Waals surface area contributed by atoms with Crippen molar-refractivity contribution >= 4 is 0 Å². The summed E-state index contributed by atoms with van der Waals surface area (Å²) in [7, 11) is 0. The summed E-state index contributed by atoms with van der Waals surface area (Å²) in [5.41, 5.74) is 9.39. The molecular weight excluding hydrogens is 248 g/mol. The molecule has 1 saturated heterocycles. The van der Waals surface area contributed by atoms with Crippen molar-refractivity contribution in [2.75, 3.05) is 13.1 Å². The quantitative estimate of drug-likeness (QED) is 0.890. The van der Waals surface area contributed by atoms with Gasteiger partial charge in [-0.15, -0.1) is 0 Å². The second-order valence-corrected chi connectivity index (χ2v) is 5.37. The number of hydrogen-bond donors (Lipinski definition) is 2. The van der Waals surface area contributed by atoms with Crippen molar-refractivity contribution in [3.8, 4) is 0 Å². The molecule has 2 aromatic rings. The molecule has 1 unspecified atom stereocenters. The molecule has 0 bridgehead atoms. The molecule has 0 amide bonds. The van der Waals surface area contributed by atoms with Crippen LogP contribution >= 0.6 is 0 Å². The molecule has 3 nitrogen and oxygen atoms in total. The van der Waals surface area contributed by atoms with Crippen LogP contribution in [0.1, 0.15) is 22.7 Å². The lowest BCUT2D eigenvalue weighted by molar-refractivity contribution is -0.0160. The average molecular weight is 268 g/mol. The van der Waals surface area contributed by atoms with Crippen molar-refractivity contribution in [3.05, 3.63) is 71.3 Å². The molecule has 0 aliphatic carbocycles. The Balaban J connectivity index is 1.96. The van der Waals surface area contributed by atoms with Gasteiger partial charge < -0.3 is 10.8 Å². The third kappa shape index (κ3) is 2.61. The van der Waals surface area contributed by atoms with E-state index in [1.165, 1.54) is 11.1 Å². The highest BCUT2D eigenvalue weighted by Crippen LogP contribution is 2.32. The molecule has 3 N–H and O–H groups in total. The maximum absolute atomic E-state index is 9.60. The molecule has 1 aliphatic heterocycles. The van der Waals surface area contributed by atoms with Gasteiger partial charge in [-0.05, 0) is 16.7 Å². The van der Waals surface area contributed by atoms with Crippen molar-refractivity contribution in [1.29, 1.82) is 0 Å². The molecule has 0 aromatic heterocycles. The first-order chi connectivity index (χ1) is 9.78. The topological polar surface area (TPSA) is 49.5 Å². The third-order valence-corrected chi connectivity index (χ3v) is 3.87. The van der Waals surface area contributed by atoms with Crippen LogP contribution in [0.5, 0.6) is 0 Å². The van der Waals surface area contributed by atoms with E-state index in [4.69, 9.17) is 5.73 Å². The van der Waals surface area contributed by atoms with Crippen LogP contribution < -0.4 is 5.73 Å². The summed E-state index contributed by atoms with van der Waals surface area (Å²) in [5, 5.41) is 9.60. The lowest BCUT2D eigenvalue weighted by Gasteiger charge is -2.42. The first kappa shape index (κ1) is 13.3. The van der Waals surface area contributed by atoms with Gasteiger partial charge in [-0.1, -0.05) is 54.6 Å². The molecule has 2 aromatic carbocycles. The molecule has 1 aliphatic rings. The Morgan fingerprint density at radius 2 is 1.75 bits per heavy atom. The van der Waals surface area contributed by atoms with E-state index in [1.54, 1.807) is 0 Å². The predicted molar refractivity (Wildman–Crippen MR) is 80.2 cm³/mol. The van der Waals surface area contributed by atoms with Gasteiger partial charge in [0.1, 0.15) is 0 Å². The highest BCUT2D eigenvalue weighted by Gasteiger charge is 2.32. The van der Waals surface area contributed by atoms with Crippen LogP contribution in [0.15, 0.2) is 54.6 Å². The van der Waals surface area contributed by atoms with Crippen LogP contribution in [0.3, 0.4) is 0 Å². The van der Waals surface area contributed by atoms with Gasteiger partial charge >= 0.3 is 0 Å². The van der Waals surface area contributed by atoms with Gasteiger partial charge in [0.2, 0.25) is 0 Å². The summed E-state index contributed by atoms with van der Waals surface area (Å²) in [6.07, 6.45) is -0.195. The maximum Gasteiger partial charge on any atom is 0.0794 e. The zero-order chi connectivity index (χ0) is 13.9. The van der Waals surface area contributed by atoms with Crippen LogP contribution in [0.2, 0.25) is 0 Å². The Morgan fingerprint density at radius 3 is 2.40 bits per heavy atom. The molecule has 0 radical (unpaired) electrons. The van der Waals surface area contributed by atoms with E-state index in [2.05, 4.69) is 53.4 Å². The van der Waals surface area contributed by atoms with Crippen LogP contribution in [0, 0.1) is 0 Å². The van der Waals surface area contributed by atoms with Crippen molar-refractivity contribution in [2.24, 2.45) is 5.73 Å². The number of nitrogens with two attached hydrogens (primary N) is 1. The minimum atomic E-state index is -0.195. The van der Waals surface area contributed by atoms with E-state index in [1.807, 2.05) is 6.07 Å². The summed E-state index contributed by atoms with van der Waals surface area (Å²) in [4.78, 5) is 2.30. The number of β-amino-alcohol motifs (C(OH)–C–C–N with tert-alkyl or cyclic N) is 1. The normalized spacial score (nSPS) is 17.7. The Morgan fingerprint density at radius 1 is 1.05 bits per heavy atom. The minimum Gasteiger partial charge on any atom is -0.390 e. The fourth-order valence-corrected chi connectivity index (χ4v) is 2.84. The monoisotopic (exact) mass is 268 g/mol. The second-order valence-electron chi connectivity index (χ2n) is 5.37. The third-order valence-electron chi connectivity index (χ3n) is 3.87. The van der Waals surface area contributed by atoms with Gasteiger partial charge in [0.25, 0.3) is 0 Å². The number of hydrogen-bond acceptors (Lipinski definition) is 3. The van der Waals surface area contributed by atoms with Crippen molar-refractivity contribution < 1.29 is 5.11 Å². The van der Waals surface area contributed by atoms with Gasteiger partial charge in [-0.25, -0.2) is 0 Å². The van der Waals surface area contributed by atoms with E-state index >= 15 is 0 Å². The van der Waals surface area contributed by atoms with Gasteiger partial charge in [0.05, 0.1) is 12.1 Å². The van der Waals surface area contributed by atoms with Gasteiger partial charge in [-0.2, -0.15) is 0 Å². The molecular formula is C17H20N2O. The fourth-order valence-electron chi connectivity index (χ4n) is 2.84. The summed E-state index contributed by atoms with van der Waals surface area (Å²) < 4.78 is 0. The molecule has 0 spiro atoms. The fraction of sp³-hybridized carbons (Fsp3) is 0.294. The highest BCUT2D eigenvalue weighted by atomic mass is 16.3. The zero-order valence-corrected chi connectivity index (χ0v) is 11.4. The number of nitrogens with zero attached hydrogens (tertiary/aromatic N) is 1. The predicted octanol–water partition coefficient (Wildman–Crippen LogP) is 1.91. The molecule has 0 saturated carbocycles. The van der Waals surface area contributed by atoms with E-state index in [0.717, 1.165) is 18.7 Å². The van der Waals surface area contributed by atoms with Crippen LogP contribution in [0.4, 0.5) is 0 Å². The van der Waals surface area contributed by atoms with Crippen molar-refractivity contribution in [1.82, 2.24) is 4.90 Å². The van der Waals surface area contributed by atoms with Crippen molar-refractivity contribution in [3.63, 3.8) is 0 Å². The number of aliphatic hydroxyl groups is 1. The standard InChI is InChI=1S/C17H20N2O/c18-10-13-5-4-8-15(9-13)17(19-11-16(20)12-19)14-6-2-1-3-7-14/h1-9,16-17,20H,10-12,18H2. The lowest BCUT2D eigenvalue weighted by Crippen LogP contribution is -2.52. The van der Waals surface area contributed by atoms with Crippen LogP contribution in [0.25, 0.3) is 0 Å². The Hall–Kier alpha value is -1.68. The molecule has 1 heterocycles. The smallest absolute Gasteiger partial charge is 0.0794 e. The van der Waals surface area contributed by atoms with Gasteiger partial charge in [0.15, 0.2) is 0 Å². The van der Waals surface area contributed by atoms with Gasteiger partial charge in [0, 0.05) is 19.6 Å². The zero-order valence-electron chi connectivity index (χ0n) is 11.4. The second kappa shape index (κ2) is 5.75. The Labute approximate surface area is 119 Å². The van der Waals surface area contributed by atoms with Gasteiger partial charge in [-0.3, -0.25) is 4.90 Å². The van der Waals surface area contributed by atoms with Crippen LogP contribution in [-0.2, 0) is 6.54 Å². The van der Waals surface area contributed by atoms with E-state index in [0.29, 0.717) is 6.54 Å². The minimum absolute atomic E-state index is 0.195. The summed E-state index contributed by atoms with van der Waals surface area (Å²) in [6.45, 7) is 2.01.